The van der Waals surface area contributed by atoms with Crippen LogP contribution >= 0.6 is 0 Å². The Hall–Kier alpha value is -1.81. The van der Waals surface area contributed by atoms with Gasteiger partial charge in [-0.1, -0.05) is 19.1 Å². The quantitative estimate of drug-likeness (QED) is 0.838. The van der Waals surface area contributed by atoms with E-state index in [9.17, 15) is 0 Å². The SMILES string of the molecule is CCc1ccc(OCc2n[nH]c(C)c2CNC)cc1. The molecule has 0 aliphatic carbocycles. The third-order valence-corrected chi connectivity index (χ3v) is 3.22. The molecule has 4 nitrogen and oxygen atoms in total. The standard InChI is InChI=1S/C15H21N3O/c1-4-12-5-7-13(8-6-12)19-10-15-14(9-16-3)11(2)17-18-15/h5-8,16H,4,9-10H2,1-3H3,(H,17,18). The van der Waals surface area contributed by atoms with Crippen LogP contribution in [-0.4, -0.2) is 17.2 Å². The van der Waals surface area contributed by atoms with Crippen LogP contribution in [0.4, 0.5) is 0 Å². The van der Waals surface area contributed by atoms with Gasteiger partial charge in [0.25, 0.3) is 0 Å². The molecule has 0 aliphatic heterocycles. The van der Waals surface area contributed by atoms with Crippen molar-refractivity contribution in [3.8, 4) is 5.75 Å². The van der Waals surface area contributed by atoms with Crippen molar-refractivity contribution in [3.05, 3.63) is 46.8 Å². The Morgan fingerprint density at radius 1 is 1.26 bits per heavy atom. The van der Waals surface area contributed by atoms with Crippen molar-refractivity contribution in [2.24, 2.45) is 0 Å². The van der Waals surface area contributed by atoms with E-state index in [2.05, 4.69) is 34.6 Å². The van der Waals surface area contributed by atoms with Crippen LogP contribution in [0.3, 0.4) is 0 Å². The van der Waals surface area contributed by atoms with Crippen molar-refractivity contribution in [3.63, 3.8) is 0 Å². The third kappa shape index (κ3) is 3.35. The minimum absolute atomic E-state index is 0.493. The second kappa shape index (κ2) is 6.38. The molecule has 0 amide bonds. The molecule has 0 atom stereocenters. The average Bonchev–Trinajstić information content (AvgIpc) is 2.79. The van der Waals surface area contributed by atoms with Crippen molar-refractivity contribution in [2.45, 2.75) is 33.4 Å². The van der Waals surface area contributed by atoms with Gasteiger partial charge < -0.3 is 10.1 Å². The van der Waals surface area contributed by atoms with E-state index in [1.807, 2.05) is 26.1 Å². The second-order valence-electron chi connectivity index (χ2n) is 4.59. The molecule has 2 N–H and O–H groups in total. The highest BCUT2D eigenvalue weighted by Gasteiger charge is 2.09. The van der Waals surface area contributed by atoms with Crippen LogP contribution in [0.1, 0.15) is 29.4 Å². The lowest BCUT2D eigenvalue weighted by molar-refractivity contribution is 0.299. The molecule has 0 saturated heterocycles. The van der Waals surface area contributed by atoms with Crippen molar-refractivity contribution in [1.82, 2.24) is 15.5 Å². The molecule has 0 spiro atoms. The number of nitrogens with one attached hydrogen (secondary N) is 2. The van der Waals surface area contributed by atoms with Gasteiger partial charge in [0.05, 0.1) is 0 Å². The van der Waals surface area contributed by atoms with E-state index in [0.717, 1.165) is 30.1 Å². The van der Waals surface area contributed by atoms with Crippen LogP contribution in [0.5, 0.6) is 5.75 Å². The predicted molar refractivity (Wildman–Crippen MR) is 76.2 cm³/mol. The summed E-state index contributed by atoms with van der Waals surface area (Å²) in [6.07, 6.45) is 1.05. The number of nitrogens with zero attached hydrogens (tertiary/aromatic N) is 1. The Morgan fingerprint density at radius 2 is 2.00 bits per heavy atom. The molecule has 1 aromatic carbocycles. The van der Waals surface area contributed by atoms with Crippen LogP contribution in [0.15, 0.2) is 24.3 Å². The van der Waals surface area contributed by atoms with E-state index in [1.54, 1.807) is 0 Å². The minimum atomic E-state index is 0.493. The van der Waals surface area contributed by atoms with E-state index in [4.69, 9.17) is 4.74 Å². The molecule has 0 bridgehead atoms. The van der Waals surface area contributed by atoms with Gasteiger partial charge in [0.15, 0.2) is 0 Å². The fourth-order valence-electron chi connectivity index (χ4n) is 2.01. The summed E-state index contributed by atoms with van der Waals surface area (Å²) in [4.78, 5) is 0. The van der Waals surface area contributed by atoms with Gasteiger partial charge in [-0.3, -0.25) is 5.10 Å². The number of ether oxygens (including phenoxy) is 1. The normalized spacial score (nSPS) is 10.7. The molecule has 102 valence electrons. The Kier molecular flexibility index (Phi) is 4.58. The van der Waals surface area contributed by atoms with E-state index < -0.39 is 0 Å². The molecule has 19 heavy (non-hydrogen) atoms. The van der Waals surface area contributed by atoms with Crippen LogP contribution in [0, 0.1) is 6.92 Å². The van der Waals surface area contributed by atoms with Crippen LogP contribution in [0.25, 0.3) is 0 Å². The van der Waals surface area contributed by atoms with Gasteiger partial charge in [-0.15, -0.1) is 0 Å². The molecule has 2 aromatic rings. The van der Waals surface area contributed by atoms with Crippen molar-refractivity contribution < 1.29 is 4.74 Å². The average molecular weight is 259 g/mol. The van der Waals surface area contributed by atoms with E-state index >= 15 is 0 Å². The maximum atomic E-state index is 5.78. The highest BCUT2D eigenvalue weighted by molar-refractivity contribution is 5.28. The molecular weight excluding hydrogens is 238 g/mol. The minimum Gasteiger partial charge on any atom is -0.487 e. The first-order valence-corrected chi connectivity index (χ1v) is 6.63. The molecule has 0 fully saturated rings. The number of hydrogen-bond donors (Lipinski definition) is 2. The summed E-state index contributed by atoms with van der Waals surface area (Å²) in [6, 6.07) is 8.21. The molecular formula is C15H21N3O. The zero-order valence-corrected chi connectivity index (χ0v) is 11.8. The molecule has 0 unspecified atom stereocenters. The Balaban J connectivity index is 2.01. The molecule has 2 rings (SSSR count). The first-order valence-electron chi connectivity index (χ1n) is 6.63. The summed E-state index contributed by atoms with van der Waals surface area (Å²) in [5.41, 5.74) is 4.56. The summed E-state index contributed by atoms with van der Waals surface area (Å²) in [5, 5.41) is 10.4. The van der Waals surface area contributed by atoms with Crippen LogP contribution in [-0.2, 0) is 19.6 Å². The monoisotopic (exact) mass is 259 g/mol. The van der Waals surface area contributed by atoms with Gasteiger partial charge >= 0.3 is 0 Å². The van der Waals surface area contributed by atoms with Crippen LogP contribution < -0.4 is 10.1 Å². The first kappa shape index (κ1) is 13.6. The first-order chi connectivity index (χ1) is 9.24. The Morgan fingerprint density at radius 3 is 2.63 bits per heavy atom. The topological polar surface area (TPSA) is 49.9 Å². The van der Waals surface area contributed by atoms with Gasteiger partial charge in [-0.25, -0.2) is 0 Å². The molecule has 1 aromatic heterocycles. The van der Waals surface area contributed by atoms with Crippen molar-refractivity contribution in [2.75, 3.05) is 7.05 Å². The Labute approximate surface area is 114 Å². The van der Waals surface area contributed by atoms with E-state index in [-0.39, 0.29) is 0 Å². The summed E-state index contributed by atoms with van der Waals surface area (Å²) in [7, 11) is 1.93. The van der Waals surface area contributed by atoms with E-state index in [1.165, 1.54) is 11.1 Å². The van der Waals surface area contributed by atoms with Gasteiger partial charge in [-0.2, -0.15) is 5.10 Å². The van der Waals surface area contributed by atoms with Crippen molar-refractivity contribution in [1.29, 1.82) is 0 Å². The fourth-order valence-corrected chi connectivity index (χ4v) is 2.01. The van der Waals surface area contributed by atoms with Gasteiger partial charge in [0.1, 0.15) is 18.1 Å². The molecule has 1 heterocycles. The van der Waals surface area contributed by atoms with Gasteiger partial charge in [-0.05, 0) is 38.1 Å². The highest BCUT2D eigenvalue weighted by atomic mass is 16.5. The fraction of sp³-hybridized carbons (Fsp3) is 0.400. The largest absolute Gasteiger partial charge is 0.487 e. The molecule has 0 radical (unpaired) electrons. The molecule has 0 aliphatic rings. The number of benzene rings is 1. The lowest BCUT2D eigenvalue weighted by atomic mass is 10.2. The number of rotatable bonds is 6. The highest BCUT2D eigenvalue weighted by Crippen LogP contribution is 2.16. The third-order valence-electron chi connectivity index (χ3n) is 3.22. The predicted octanol–water partition coefficient (Wildman–Crippen LogP) is 2.58. The zero-order valence-electron chi connectivity index (χ0n) is 11.8. The zero-order chi connectivity index (χ0) is 13.7. The van der Waals surface area contributed by atoms with Gasteiger partial charge in [0.2, 0.25) is 0 Å². The maximum Gasteiger partial charge on any atom is 0.132 e. The van der Waals surface area contributed by atoms with Gasteiger partial charge in [0, 0.05) is 17.8 Å². The summed E-state index contributed by atoms with van der Waals surface area (Å²) in [5.74, 6) is 0.883. The lowest BCUT2D eigenvalue weighted by Gasteiger charge is -2.07. The van der Waals surface area contributed by atoms with Crippen LogP contribution in [0.2, 0.25) is 0 Å². The number of aromatic amines is 1. The molecule has 4 heteroatoms. The summed E-state index contributed by atoms with van der Waals surface area (Å²) in [6.45, 7) is 5.47. The smallest absolute Gasteiger partial charge is 0.132 e. The van der Waals surface area contributed by atoms with E-state index in [0.29, 0.717) is 6.61 Å². The number of H-pyrrole nitrogens is 1. The lowest BCUT2D eigenvalue weighted by Crippen LogP contribution is -2.09. The maximum absolute atomic E-state index is 5.78. The number of aryl methyl sites for hydroxylation is 2. The number of aromatic nitrogens is 2. The molecule has 0 saturated carbocycles. The summed E-state index contributed by atoms with van der Waals surface area (Å²) < 4.78 is 5.78. The Bertz CT molecular complexity index is 517. The second-order valence-corrected chi connectivity index (χ2v) is 4.59. The summed E-state index contributed by atoms with van der Waals surface area (Å²) >= 11 is 0. The van der Waals surface area contributed by atoms with Crippen molar-refractivity contribution >= 4 is 0 Å². The number of hydrogen-bond acceptors (Lipinski definition) is 3.